The largest absolute Gasteiger partial charge is 0.451 e. The van der Waals surface area contributed by atoms with Gasteiger partial charge in [-0.05, 0) is 42.7 Å². The summed E-state index contributed by atoms with van der Waals surface area (Å²) in [5.74, 6) is 1.74. The Morgan fingerprint density at radius 2 is 1.64 bits per heavy atom. The molecule has 0 bridgehead atoms. The number of benzene rings is 2. The van der Waals surface area contributed by atoms with Crippen LogP contribution >= 0.6 is 23.2 Å². The topological polar surface area (TPSA) is 95.3 Å². The molecule has 3 aromatic rings. The molecule has 6 nitrogen and oxygen atoms in total. The number of hydrogen-bond acceptors (Lipinski definition) is 4. The second kappa shape index (κ2) is 12.3. The number of aryl methyl sites for hydroxylation is 1. The Labute approximate surface area is 204 Å². The van der Waals surface area contributed by atoms with Gasteiger partial charge in [0.2, 0.25) is 0 Å². The van der Waals surface area contributed by atoms with Gasteiger partial charge in [-0.1, -0.05) is 36.4 Å². The molecule has 2 aromatic carbocycles. The number of halogens is 2. The van der Waals surface area contributed by atoms with Gasteiger partial charge in [0, 0.05) is 48.2 Å². The fourth-order valence-corrected chi connectivity index (χ4v) is 3.87. The Morgan fingerprint density at radius 3 is 2.24 bits per heavy atom. The minimum atomic E-state index is -0.241. The quantitative estimate of drug-likeness (QED) is 0.147. The van der Waals surface area contributed by atoms with Gasteiger partial charge >= 0.3 is 0 Å². The van der Waals surface area contributed by atoms with Gasteiger partial charge < -0.3 is 20.4 Å². The molecule has 0 atom stereocenters. The lowest BCUT2D eigenvalue weighted by Crippen LogP contribution is -2.27. The van der Waals surface area contributed by atoms with E-state index < -0.39 is 0 Å². The standard InChI is InChI=1S/C25H28Cl2N4O2/c26-13-16-31(17-14-27)21-9-3-18(4-10-21)2-1-15-30-25(32)23-12-11-22(33-23)19-5-7-20(8-6-19)24(28)29/h3-12H,1-2,13-17H2,(H3,28,29)(H,30,32). The average Bonchev–Trinajstić information content (AvgIpc) is 3.33. The molecule has 8 heteroatoms. The number of nitrogens with two attached hydrogens (primary N) is 1. The monoisotopic (exact) mass is 486 g/mol. The molecule has 1 heterocycles. The summed E-state index contributed by atoms with van der Waals surface area (Å²) in [5, 5.41) is 10.4. The number of nitrogens with one attached hydrogen (secondary N) is 2. The zero-order valence-electron chi connectivity index (χ0n) is 18.3. The SMILES string of the molecule is N=C(N)c1ccc(-c2ccc(C(=O)NCCCc3ccc(N(CCCl)CCCl)cc3)o2)cc1. The lowest BCUT2D eigenvalue weighted by molar-refractivity contribution is 0.0926. The van der Waals surface area contributed by atoms with Crippen molar-refractivity contribution in [1.82, 2.24) is 5.32 Å². The minimum Gasteiger partial charge on any atom is -0.451 e. The molecule has 0 unspecified atom stereocenters. The summed E-state index contributed by atoms with van der Waals surface area (Å²) < 4.78 is 5.70. The van der Waals surface area contributed by atoms with Crippen LogP contribution in [0.15, 0.2) is 65.1 Å². The summed E-state index contributed by atoms with van der Waals surface area (Å²) in [6.45, 7) is 2.07. The molecule has 0 aliphatic heterocycles. The first-order chi connectivity index (χ1) is 16.0. The Bertz CT molecular complexity index is 1040. The van der Waals surface area contributed by atoms with Crippen molar-refractivity contribution in [1.29, 1.82) is 5.41 Å². The number of carbonyl (C=O) groups excluding carboxylic acids is 1. The number of anilines is 1. The molecule has 0 spiro atoms. The van der Waals surface area contributed by atoms with Crippen molar-refractivity contribution in [2.75, 3.05) is 36.3 Å². The summed E-state index contributed by atoms with van der Waals surface area (Å²) in [6.07, 6.45) is 1.68. The van der Waals surface area contributed by atoms with E-state index in [4.69, 9.17) is 38.8 Å². The Balaban J connectivity index is 1.46. The van der Waals surface area contributed by atoms with Crippen LogP contribution < -0.4 is 16.0 Å². The van der Waals surface area contributed by atoms with E-state index in [1.165, 1.54) is 5.56 Å². The molecule has 0 aliphatic rings. The summed E-state index contributed by atoms with van der Waals surface area (Å²) in [6, 6.07) is 18.9. The van der Waals surface area contributed by atoms with Gasteiger partial charge in [-0.3, -0.25) is 10.2 Å². The Morgan fingerprint density at radius 1 is 0.970 bits per heavy atom. The molecule has 0 fully saturated rings. The lowest BCUT2D eigenvalue weighted by atomic mass is 10.1. The average molecular weight is 487 g/mol. The van der Waals surface area contributed by atoms with E-state index in [1.807, 2.05) is 12.1 Å². The smallest absolute Gasteiger partial charge is 0.287 e. The number of nitrogens with zero attached hydrogens (tertiary/aromatic N) is 1. The van der Waals surface area contributed by atoms with Gasteiger partial charge in [0.25, 0.3) is 5.91 Å². The molecule has 1 amide bonds. The van der Waals surface area contributed by atoms with Crippen LogP contribution in [0.3, 0.4) is 0 Å². The molecule has 3 rings (SSSR count). The van der Waals surface area contributed by atoms with Crippen LogP contribution in [0.5, 0.6) is 0 Å². The fourth-order valence-electron chi connectivity index (χ4n) is 3.46. The Kier molecular flexibility index (Phi) is 9.22. The van der Waals surface area contributed by atoms with Crippen molar-refractivity contribution >= 4 is 40.6 Å². The first-order valence-electron chi connectivity index (χ1n) is 10.8. The second-order valence-electron chi connectivity index (χ2n) is 7.55. The highest BCUT2D eigenvalue weighted by atomic mass is 35.5. The highest BCUT2D eigenvalue weighted by molar-refractivity contribution is 6.18. The number of nitrogen functional groups attached to an aromatic ring is 1. The number of alkyl halides is 2. The third-order valence-electron chi connectivity index (χ3n) is 5.25. The minimum absolute atomic E-state index is 0.0108. The number of hydrogen-bond donors (Lipinski definition) is 3. The van der Waals surface area contributed by atoms with Crippen molar-refractivity contribution in [2.45, 2.75) is 12.8 Å². The van der Waals surface area contributed by atoms with E-state index in [2.05, 4.69) is 34.5 Å². The van der Waals surface area contributed by atoms with Crippen LogP contribution in [0.4, 0.5) is 5.69 Å². The number of rotatable bonds is 12. The predicted molar refractivity (Wildman–Crippen MR) is 136 cm³/mol. The highest BCUT2D eigenvalue weighted by Gasteiger charge is 2.12. The van der Waals surface area contributed by atoms with E-state index in [-0.39, 0.29) is 17.5 Å². The zero-order chi connectivity index (χ0) is 23.6. The molecule has 0 aliphatic carbocycles. The third-order valence-corrected chi connectivity index (χ3v) is 5.59. The van der Waals surface area contributed by atoms with E-state index >= 15 is 0 Å². The van der Waals surface area contributed by atoms with Gasteiger partial charge in [0.15, 0.2) is 5.76 Å². The number of amidine groups is 1. The van der Waals surface area contributed by atoms with Crippen molar-refractivity contribution in [3.63, 3.8) is 0 Å². The van der Waals surface area contributed by atoms with Crippen molar-refractivity contribution in [3.05, 3.63) is 77.6 Å². The van der Waals surface area contributed by atoms with Gasteiger partial charge in [0.1, 0.15) is 11.6 Å². The highest BCUT2D eigenvalue weighted by Crippen LogP contribution is 2.22. The van der Waals surface area contributed by atoms with Crippen LogP contribution in [-0.4, -0.2) is 43.1 Å². The van der Waals surface area contributed by atoms with E-state index in [0.29, 0.717) is 29.6 Å². The molecule has 0 radical (unpaired) electrons. The molecule has 4 N–H and O–H groups in total. The molecular weight excluding hydrogens is 459 g/mol. The van der Waals surface area contributed by atoms with Crippen LogP contribution in [-0.2, 0) is 6.42 Å². The van der Waals surface area contributed by atoms with E-state index in [9.17, 15) is 4.79 Å². The van der Waals surface area contributed by atoms with Crippen molar-refractivity contribution < 1.29 is 9.21 Å². The van der Waals surface area contributed by atoms with Gasteiger partial charge in [-0.25, -0.2) is 0 Å². The van der Waals surface area contributed by atoms with Crippen LogP contribution in [0, 0.1) is 5.41 Å². The molecule has 1 aromatic heterocycles. The third kappa shape index (κ3) is 7.01. The Hall–Kier alpha value is -2.96. The summed E-state index contributed by atoms with van der Waals surface area (Å²) in [7, 11) is 0. The summed E-state index contributed by atoms with van der Waals surface area (Å²) in [4.78, 5) is 14.6. The molecular formula is C25H28Cl2N4O2. The van der Waals surface area contributed by atoms with Gasteiger partial charge in [-0.2, -0.15) is 0 Å². The molecule has 0 saturated carbocycles. The first kappa shape index (κ1) is 24.7. The summed E-state index contributed by atoms with van der Waals surface area (Å²) >= 11 is 11.8. The van der Waals surface area contributed by atoms with E-state index in [1.54, 1.807) is 24.3 Å². The maximum atomic E-state index is 12.4. The zero-order valence-corrected chi connectivity index (χ0v) is 19.8. The van der Waals surface area contributed by atoms with E-state index in [0.717, 1.165) is 37.2 Å². The molecule has 174 valence electrons. The van der Waals surface area contributed by atoms with Gasteiger partial charge in [0.05, 0.1) is 0 Å². The molecule has 33 heavy (non-hydrogen) atoms. The number of furan rings is 1. The second-order valence-corrected chi connectivity index (χ2v) is 8.30. The van der Waals surface area contributed by atoms with Crippen molar-refractivity contribution in [3.8, 4) is 11.3 Å². The van der Waals surface area contributed by atoms with Crippen molar-refractivity contribution in [2.24, 2.45) is 5.73 Å². The maximum Gasteiger partial charge on any atom is 0.287 e. The number of carbonyl (C=O) groups is 1. The molecule has 0 saturated heterocycles. The maximum absolute atomic E-state index is 12.4. The normalized spacial score (nSPS) is 10.7. The summed E-state index contributed by atoms with van der Waals surface area (Å²) in [5.41, 5.74) is 9.25. The van der Waals surface area contributed by atoms with Crippen LogP contribution in [0.25, 0.3) is 11.3 Å². The van der Waals surface area contributed by atoms with Gasteiger partial charge in [-0.15, -0.1) is 23.2 Å². The first-order valence-corrected chi connectivity index (χ1v) is 11.9. The van der Waals surface area contributed by atoms with Crippen LogP contribution in [0.2, 0.25) is 0 Å². The predicted octanol–water partition coefficient (Wildman–Crippen LogP) is 4.88. The fraction of sp³-hybridized carbons (Fsp3) is 0.280. The lowest BCUT2D eigenvalue weighted by Gasteiger charge is -2.23. The van der Waals surface area contributed by atoms with Crippen LogP contribution in [0.1, 0.15) is 28.1 Å². The number of amides is 1.